The molecule has 1 aliphatic rings. The largest absolute Gasteiger partial charge is 0.493 e. The van der Waals surface area contributed by atoms with Crippen molar-refractivity contribution in [2.45, 2.75) is 51.8 Å². The first-order chi connectivity index (χ1) is 17.1. The lowest BCUT2D eigenvalue weighted by Crippen LogP contribution is -2.44. The van der Waals surface area contributed by atoms with Gasteiger partial charge in [-0.05, 0) is 69.5 Å². The number of nitrogens with one attached hydrogen (secondary N) is 2. The maximum atomic E-state index is 13.1. The number of piperidine rings is 1. The number of carbonyl (C=O) groups is 2. The van der Waals surface area contributed by atoms with Crippen LogP contribution in [0.1, 0.15) is 55.1 Å². The van der Waals surface area contributed by atoms with E-state index in [1.54, 1.807) is 43.4 Å². The molecule has 192 valence electrons. The van der Waals surface area contributed by atoms with Gasteiger partial charge in [-0.3, -0.25) is 4.79 Å². The zero-order valence-corrected chi connectivity index (χ0v) is 21.5. The van der Waals surface area contributed by atoms with Crippen molar-refractivity contribution in [3.05, 3.63) is 53.1 Å². The number of likely N-dealkylation sites (tertiary alicyclic amines) is 1. The molecule has 1 heterocycles. The molecule has 0 bridgehead atoms. The highest BCUT2D eigenvalue weighted by Gasteiger charge is 2.27. The quantitative estimate of drug-likeness (QED) is 0.589. The molecule has 0 spiro atoms. The number of carbonyl (C=O) groups excluding carboxylic acids is 2. The zero-order chi connectivity index (χ0) is 26.3. The Hall–Kier alpha value is -3.93. The number of rotatable bonds is 7. The lowest BCUT2D eigenvalue weighted by Gasteiger charge is -2.34. The van der Waals surface area contributed by atoms with Gasteiger partial charge in [0, 0.05) is 31.4 Å². The minimum atomic E-state index is -0.534. The number of hydrogen-bond acceptors (Lipinski definition) is 7. The van der Waals surface area contributed by atoms with Gasteiger partial charge in [0.1, 0.15) is 5.60 Å². The van der Waals surface area contributed by atoms with Crippen LogP contribution in [0, 0.1) is 11.3 Å². The fraction of sp³-hybridized carbons (Fsp3) is 0.444. The zero-order valence-electron chi connectivity index (χ0n) is 21.5. The lowest BCUT2D eigenvalue weighted by atomic mass is 10.0. The Labute approximate surface area is 212 Å². The first-order valence-corrected chi connectivity index (χ1v) is 11.9. The van der Waals surface area contributed by atoms with E-state index in [0.717, 1.165) is 5.56 Å². The Balaban J connectivity index is 1.66. The SMILES string of the molecule is COc1ccc(CNC(=O)c2cc(C#N)ccc2NC2CCN(C(=O)OC(C)(C)C)CC2)cc1OC. The molecule has 0 unspecified atom stereocenters. The van der Waals surface area contributed by atoms with Gasteiger partial charge < -0.3 is 29.7 Å². The summed E-state index contributed by atoms with van der Waals surface area (Å²) in [5.74, 6) is 0.893. The molecule has 36 heavy (non-hydrogen) atoms. The second kappa shape index (κ2) is 11.7. The molecule has 9 heteroatoms. The molecule has 0 saturated carbocycles. The molecule has 2 aromatic rings. The van der Waals surface area contributed by atoms with Gasteiger partial charge in [0.15, 0.2) is 11.5 Å². The number of methoxy groups -OCH3 is 2. The van der Waals surface area contributed by atoms with E-state index in [1.807, 2.05) is 32.9 Å². The van der Waals surface area contributed by atoms with Crippen molar-refractivity contribution in [1.82, 2.24) is 10.2 Å². The van der Waals surface area contributed by atoms with Crippen LogP contribution in [0.2, 0.25) is 0 Å². The van der Waals surface area contributed by atoms with E-state index in [2.05, 4.69) is 16.7 Å². The third kappa shape index (κ3) is 7.04. The van der Waals surface area contributed by atoms with Crippen LogP contribution in [0.25, 0.3) is 0 Å². The average molecular weight is 495 g/mol. The highest BCUT2D eigenvalue weighted by molar-refractivity contribution is 6.00. The van der Waals surface area contributed by atoms with Crippen molar-refractivity contribution >= 4 is 17.7 Å². The van der Waals surface area contributed by atoms with Crippen LogP contribution in [0.3, 0.4) is 0 Å². The Bertz CT molecular complexity index is 1130. The minimum absolute atomic E-state index is 0.0778. The number of ether oxygens (including phenoxy) is 3. The van der Waals surface area contributed by atoms with Crippen LogP contribution in [0.4, 0.5) is 10.5 Å². The second-order valence-electron chi connectivity index (χ2n) is 9.63. The number of nitriles is 1. The van der Waals surface area contributed by atoms with Crippen molar-refractivity contribution in [3.8, 4) is 17.6 Å². The Morgan fingerprint density at radius 2 is 1.75 bits per heavy atom. The van der Waals surface area contributed by atoms with Crippen LogP contribution in [0.15, 0.2) is 36.4 Å². The number of benzene rings is 2. The summed E-state index contributed by atoms with van der Waals surface area (Å²) in [4.78, 5) is 27.2. The van der Waals surface area contributed by atoms with Crippen LogP contribution in [-0.2, 0) is 11.3 Å². The molecule has 0 aliphatic carbocycles. The molecule has 1 saturated heterocycles. The topological polar surface area (TPSA) is 113 Å². The summed E-state index contributed by atoms with van der Waals surface area (Å²) in [6.07, 6.45) is 1.12. The summed E-state index contributed by atoms with van der Waals surface area (Å²) < 4.78 is 16.1. The molecule has 0 atom stereocenters. The number of nitrogens with zero attached hydrogens (tertiary/aromatic N) is 2. The van der Waals surface area contributed by atoms with Gasteiger partial charge in [0.2, 0.25) is 0 Å². The molecule has 1 fully saturated rings. The van der Waals surface area contributed by atoms with Crippen LogP contribution < -0.4 is 20.1 Å². The third-order valence-electron chi connectivity index (χ3n) is 5.80. The van der Waals surface area contributed by atoms with Gasteiger partial charge in [-0.1, -0.05) is 6.07 Å². The molecule has 9 nitrogen and oxygen atoms in total. The molecule has 2 N–H and O–H groups in total. The monoisotopic (exact) mass is 494 g/mol. The number of amides is 2. The summed E-state index contributed by atoms with van der Waals surface area (Å²) in [5.41, 5.74) is 1.75. The van der Waals surface area contributed by atoms with E-state index in [-0.39, 0.29) is 24.6 Å². The molecule has 0 aromatic heterocycles. The van der Waals surface area contributed by atoms with E-state index in [0.29, 0.717) is 54.2 Å². The molecule has 2 amide bonds. The molecular formula is C27H34N4O5. The molecular weight excluding hydrogens is 460 g/mol. The van der Waals surface area contributed by atoms with Crippen LogP contribution >= 0.6 is 0 Å². The maximum Gasteiger partial charge on any atom is 0.410 e. The first kappa shape index (κ1) is 26.7. The number of anilines is 1. The average Bonchev–Trinajstić information content (AvgIpc) is 2.86. The molecule has 3 rings (SSSR count). The molecule has 1 aliphatic heterocycles. The second-order valence-corrected chi connectivity index (χ2v) is 9.63. The fourth-order valence-corrected chi connectivity index (χ4v) is 3.95. The van der Waals surface area contributed by atoms with E-state index >= 15 is 0 Å². The molecule has 0 radical (unpaired) electrons. The van der Waals surface area contributed by atoms with Crippen molar-refractivity contribution in [2.75, 3.05) is 32.6 Å². The standard InChI is InChI=1S/C27H34N4O5/c1-27(2,3)36-26(33)31-12-10-20(11-13-31)30-22-8-6-18(16-28)14-21(22)25(32)29-17-19-7-9-23(34-4)24(15-19)35-5/h6-9,14-15,20,30H,10-13,17H2,1-5H3,(H,29,32). The summed E-state index contributed by atoms with van der Waals surface area (Å²) in [5, 5.41) is 15.7. The van der Waals surface area contributed by atoms with Gasteiger partial charge in [-0.2, -0.15) is 5.26 Å². The first-order valence-electron chi connectivity index (χ1n) is 11.9. The summed E-state index contributed by atoms with van der Waals surface area (Å²) >= 11 is 0. The van der Waals surface area contributed by atoms with Crippen LogP contribution in [0.5, 0.6) is 11.5 Å². The van der Waals surface area contributed by atoms with Crippen molar-refractivity contribution in [1.29, 1.82) is 5.26 Å². The number of hydrogen-bond donors (Lipinski definition) is 2. The highest BCUT2D eigenvalue weighted by atomic mass is 16.6. The van der Waals surface area contributed by atoms with Crippen molar-refractivity contribution < 1.29 is 23.8 Å². The summed E-state index contributed by atoms with van der Waals surface area (Å²) in [6.45, 7) is 6.95. The van der Waals surface area contributed by atoms with Gasteiger partial charge >= 0.3 is 6.09 Å². The normalized spacial score (nSPS) is 13.9. The van der Waals surface area contributed by atoms with Gasteiger partial charge in [-0.15, -0.1) is 0 Å². The predicted molar refractivity (Wildman–Crippen MR) is 136 cm³/mol. The summed E-state index contributed by atoms with van der Waals surface area (Å²) in [7, 11) is 3.13. The molecule has 2 aromatic carbocycles. The Morgan fingerprint density at radius 1 is 1.06 bits per heavy atom. The predicted octanol–water partition coefficient (Wildman–Crippen LogP) is 4.32. The van der Waals surface area contributed by atoms with Gasteiger partial charge in [-0.25, -0.2) is 4.79 Å². The Kier molecular flexibility index (Phi) is 8.64. The smallest absolute Gasteiger partial charge is 0.410 e. The Morgan fingerprint density at radius 3 is 2.36 bits per heavy atom. The highest BCUT2D eigenvalue weighted by Crippen LogP contribution is 2.28. The summed E-state index contributed by atoms with van der Waals surface area (Å²) in [6, 6.07) is 12.6. The van der Waals surface area contributed by atoms with Crippen molar-refractivity contribution in [2.24, 2.45) is 0 Å². The van der Waals surface area contributed by atoms with Gasteiger partial charge in [0.25, 0.3) is 5.91 Å². The minimum Gasteiger partial charge on any atom is -0.493 e. The van der Waals surface area contributed by atoms with E-state index in [4.69, 9.17) is 14.2 Å². The fourth-order valence-electron chi connectivity index (χ4n) is 3.95. The van der Waals surface area contributed by atoms with E-state index in [9.17, 15) is 14.9 Å². The van der Waals surface area contributed by atoms with E-state index in [1.165, 1.54) is 0 Å². The lowest BCUT2D eigenvalue weighted by molar-refractivity contribution is 0.0210. The maximum absolute atomic E-state index is 13.1. The van der Waals surface area contributed by atoms with Crippen molar-refractivity contribution in [3.63, 3.8) is 0 Å². The van der Waals surface area contributed by atoms with Crippen LogP contribution in [-0.4, -0.2) is 55.9 Å². The van der Waals surface area contributed by atoms with E-state index < -0.39 is 5.60 Å². The van der Waals surface area contributed by atoms with Gasteiger partial charge in [0.05, 0.1) is 31.4 Å². The third-order valence-corrected chi connectivity index (χ3v) is 5.80.